The predicted molar refractivity (Wildman–Crippen MR) is 66.5 cm³/mol. The van der Waals surface area contributed by atoms with Crippen molar-refractivity contribution in [2.24, 2.45) is 0 Å². The number of aryl methyl sites for hydroxylation is 1. The highest BCUT2D eigenvalue weighted by molar-refractivity contribution is 5.80. The Hall–Kier alpha value is -1.84. The van der Waals surface area contributed by atoms with Crippen molar-refractivity contribution < 1.29 is 0 Å². The lowest BCUT2D eigenvalue weighted by Crippen LogP contribution is -2.40. The van der Waals surface area contributed by atoms with Crippen LogP contribution in [0.3, 0.4) is 0 Å². The zero-order valence-electron chi connectivity index (χ0n) is 9.69. The van der Waals surface area contributed by atoms with Crippen LogP contribution in [0.25, 0.3) is 10.9 Å². The number of aromatic nitrogens is 2. The van der Waals surface area contributed by atoms with Crippen LogP contribution in [-0.4, -0.2) is 9.55 Å². The SMILES string of the molecule is Cc1cccc2[nH]c(=O)n(C3CCC3)c(=O)c12. The van der Waals surface area contributed by atoms with E-state index in [9.17, 15) is 9.59 Å². The van der Waals surface area contributed by atoms with Gasteiger partial charge in [-0.15, -0.1) is 0 Å². The fourth-order valence-corrected chi connectivity index (χ4v) is 2.42. The van der Waals surface area contributed by atoms with Gasteiger partial charge in [-0.05, 0) is 37.8 Å². The Kier molecular flexibility index (Phi) is 2.18. The van der Waals surface area contributed by atoms with Crippen LogP contribution in [0.15, 0.2) is 27.8 Å². The van der Waals surface area contributed by atoms with E-state index in [2.05, 4.69) is 4.98 Å². The summed E-state index contributed by atoms with van der Waals surface area (Å²) in [6.45, 7) is 1.90. The van der Waals surface area contributed by atoms with Crippen LogP contribution in [0.2, 0.25) is 0 Å². The minimum atomic E-state index is -0.280. The number of nitrogens with zero attached hydrogens (tertiary/aromatic N) is 1. The number of nitrogens with one attached hydrogen (secondary N) is 1. The number of benzene rings is 1. The molecule has 1 fully saturated rings. The van der Waals surface area contributed by atoms with Crippen molar-refractivity contribution in [2.75, 3.05) is 0 Å². The minimum absolute atomic E-state index is 0.0928. The molecule has 0 aliphatic heterocycles. The first-order valence-corrected chi connectivity index (χ1v) is 5.92. The number of aromatic amines is 1. The van der Waals surface area contributed by atoms with Gasteiger partial charge in [-0.3, -0.25) is 9.36 Å². The fraction of sp³-hybridized carbons (Fsp3) is 0.385. The van der Waals surface area contributed by atoms with Crippen LogP contribution >= 0.6 is 0 Å². The van der Waals surface area contributed by atoms with E-state index in [0.717, 1.165) is 24.8 Å². The molecule has 0 amide bonds. The second kappa shape index (κ2) is 3.58. The average molecular weight is 230 g/mol. The van der Waals surface area contributed by atoms with Gasteiger partial charge < -0.3 is 4.98 Å². The minimum Gasteiger partial charge on any atom is -0.307 e. The summed E-state index contributed by atoms with van der Waals surface area (Å²) >= 11 is 0. The normalized spacial score (nSPS) is 16.1. The maximum atomic E-state index is 12.3. The van der Waals surface area contributed by atoms with Gasteiger partial charge in [-0.25, -0.2) is 4.79 Å². The summed E-state index contributed by atoms with van der Waals surface area (Å²) in [6, 6.07) is 5.61. The zero-order valence-corrected chi connectivity index (χ0v) is 9.69. The third kappa shape index (κ3) is 1.44. The molecule has 1 N–H and O–H groups in total. The van der Waals surface area contributed by atoms with Crippen molar-refractivity contribution in [3.05, 3.63) is 44.6 Å². The lowest BCUT2D eigenvalue weighted by molar-refractivity contribution is 0.298. The zero-order chi connectivity index (χ0) is 12.0. The Balaban J connectivity index is 2.41. The van der Waals surface area contributed by atoms with E-state index in [-0.39, 0.29) is 17.3 Å². The van der Waals surface area contributed by atoms with Crippen LogP contribution in [0.5, 0.6) is 0 Å². The Labute approximate surface area is 97.9 Å². The molecule has 17 heavy (non-hydrogen) atoms. The first kappa shape index (κ1) is 10.3. The van der Waals surface area contributed by atoms with Crippen molar-refractivity contribution in [1.82, 2.24) is 9.55 Å². The van der Waals surface area contributed by atoms with Crippen LogP contribution in [0.4, 0.5) is 0 Å². The lowest BCUT2D eigenvalue weighted by Gasteiger charge is -2.26. The Bertz CT molecular complexity index is 693. The Morgan fingerprint density at radius 3 is 2.71 bits per heavy atom. The molecule has 2 aromatic rings. The van der Waals surface area contributed by atoms with E-state index in [1.165, 1.54) is 4.57 Å². The molecule has 4 nitrogen and oxygen atoms in total. The quantitative estimate of drug-likeness (QED) is 0.811. The van der Waals surface area contributed by atoms with Crippen molar-refractivity contribution in [2.45, 2.75) is 32.2 Å². The fourth-order valence-electron chi connectivity index (χ4n) is 2.42. The molecular weight excluding hydrogens is 216 g/mol. The summed E-state index contributed by atoms with van der Waals surface area (Å²) in [4.78, 5) is 27.1. The molecule has 0 unspecified atom stereocenters. The first-order valence-electron chi connectivity index (χ1n) is 5.92. The van der Waals surface area contributed by atoms with Gasteiger partial charge >= 0.3 is 5.69 Å². The molecule has 1 saturated carbocycles. The molecule has 4 heteroatoms. The van der Waals surface area contributed by atoms with Crippen LogP contribution in [0.1, 0.15) is 30.9 Å². The summed E-state index contributed by atoms with van der Waals surface area (Å²) in [5.41, 5.74) is 1.12. The maximum Gasteiger partial charge on any atom is 0.329 e. The summed E-state index contributed by atoms with van der Waals surface area (Å²) in [5.74, 6) is 0. The molecule has 1 aromatic carbocycles. The van der Waals surface area contributed by atoms with E-state index < -0.39 is 0 Å². The largest absolute Gasteiger partial charge is 0.329 e. The predicted octanol–water partition coefficient (Wildman–Crippen LogP) is 1.72. The van der Waals surface area contributed by atoms with Crippen LogP contribution in [-0.2, 0) is 0 Å². The first-order chi connectivity index (χ1) is 8.18. The second-order valence-electron chi connectivity index (χ2n) is 4.69. The molecule has 1 heterocycles. The molecule has 88 valence electrons. The van der Waals surface area contributed by atoms with E-state index in [0.29, 0.717) is 10.9 Å². The Morgan fingerprint density at radius 2 is 2.06 bits per heavy atom. The monoisotopic (exact) mass is 230 g/mol. The van der Waals surface area contributed by atoms with E-state index in [1.54, 1.807) is 6.07 Å². The standard InChI is InChI=1S/C13H14N2O2/c1-8-4-2-7-10-11(8)12(16)15(13(17)14-10)9-5-3-6-9/h2,4,7,9H,3,5-6H2,1H3,(H,14,17). The topological polar surface area (TPSA) is 54.9 Å². The summed E-state index contributed by atoms with van der Waals surface area (Å²) in [6.07, 6.45) is 2.96. The van der Waals surface area contributed by atoms with Crippen LogP contribution < -0.4 is 11.2 Å². The molecule has 0 spiro atoms. The van der Waals surface area contributed by atoms with Crippen molar-refractivity contribution in [3.63, 3.8) is 0 Å². The molecule has 3 rings (SSSR count). The van der Waals surface area contributed by atoms with Gasteiger partial charge in [0, 0.05) is 6.04 Å². The van der Waals surface area contributed by atoms with Gasteiger partial charge in [0.2, 0.25) is 0 Å². The molecule has 1 aliphatic carbocycles. The second-order valence-corrected chi connectivity index (χ2v) is 4.69. The van der Waals surface area contributed by atoms with Gasteiger partial charge in [-0.2, -0.15) is 0 Å². The lowest BCUT2D eigenvalue weighted by atomic mass is 9.93. The van der Waals surface area contributed by atoms with Gasteiger partial charge in [0.1, 0.15) is 0 Å². The van der Waals surface area contributed by atoms with Crippen molar-refractivity contribution >= 4 is 10.9 Å². The molecule has 0 atom stereocenters. The highest BCUT2D eigenvalue weighted by Gasteiger charge is 2.23. The smallest absolute Gasteiger partial charge is 0.307 e. The van der Waals surface area contributed by atoms with Crippen LogP contribution in [0, 0.1) is 6.92 Å². The number of H-pyrrole nitrogens is 1. The molecule has 1 aromatic heterocycles. The number of rotatable bonds is 1. The van der Waals surface area contributed by atoms with Gasteiger partial charge in [-0.1, -0.05) is 12.1 Å². The Morgan fingerprint density at radius 1 is 1.29 bits per heavy atom. The van der Waals surface area contributed by atoms with Crippen molar-refractivity contribution in [1.29, 1.82) is 0 Å². The van der Waals surface area contributed by atoms with E-state index in [1.807, 2.05) is 19.1 Å². The van der Waals surface area contributed by atoms with E-state index in [4.69, 9.17) is 0 Å². The van der Waals surface area contributed by atoms with Gasteiger partial charge in [0.25, 0.3) is 5.56 Å². The number of hydrogen-bond acceptors (Lipinski definition) is 2. The summed E-state index contributed by atoms with van der Waals surface area (Å²) in [5, 5.41) is 0.638. The van der Waals surface area contributed by atoms with Crippen molar-refractivity contribution in [3.8, 4) is 0 Å². The highest BCUT2D eigenvalue weighted by atomic mass is 16.2. The molecule has 0 saturated heterocycles. The highest BCUT2D eigenvalue weighted by Crippen LogP contribution is 2.29. The van der Waals surface area contributed by atoms with Gasteiger partial charge in [0.15, 0.2) is 0 Å². The number of hydrogen-bond donors (Lipinski definition) is 1. The molecule has 0 radical (unpaired) electrons. The average Bonchev–Trinajstić information content (AvgIpc) is 2.21. The summed E-state index contributed by atoms with van der Waals surface area (Å²) in [7, 11) is 0. The number of fused-ring (bicyclic) bond motifs is 1. The maximum absolute atomic E-state index is 12.3. The summed E-state index contributed by atoms with van der Waals surface area (Å²) < 4.78 is 1.39. The van der Waals surface area contributed by atoms with Gasteiger partial charge in [0.05, 0.1) is 10.9 Å². The third-order valence-corrected chi connectivity index (χ3v) is 3.61. The molecular formula is C13H14N2O2. The third-order valence-electron chi connectivity index (χ3n) is 3.61. The van der Waals surface area contributed by atoms with E-state index >= 15 is 0 Å². The molecule has 1 aliphatic rings. The molecule has 0 bridgehead atoms.